The third-order valence-electron chi connectivity index (χ3n) is 6.06. The molecule has 4 heteroatoms. The van der Waals surface area contributed by atoms with Crippen LogP contribution >= 0.6 is 0 Å². The highest BCUT2D eigenvalue weighted by molar-refractivity contribution is 6.06. The zero-order valence-corrected chi connectivity index (χ0v) is 14.4. The van der Waals surface area contributed by atoms with Gasteiger partial charge < -0.3 is 14.2 Å². The first-order valence-corrected chi connectivity index (χ1v) is 9.37. The van der Waals surface area contributed by atoms with E-state index in [1.165, 1.54) is 60.1 Å². The van der Waals surface area contributed by atoms with Crippen molar-refractivity contribution in [2.45, 2.75) is 51.1 Å². The molecule has 1 aliphatic carbocycles. The Bertz CT molecular complexity index is 814. The predicted octanol–water partition coefficient (Wildman–Crippen LogP) is 3.60. The number of rotatable bonds is 2. The number of hydrogen-bond donors (Lipinski definition) is 0. The van der Waals surface area contributed by atoms with E-state index in [1.54, 1.807) is 7.11 Å². The van der Waals surface area contributed by atoms with Gasteiger partial charge in [-0.05, 0) is 43.0 Å². The minimum absolute atomic E-state index is 0.699. The van der Waals surface area contributed by atoms with E-state index < -0.39 is 0 Å². The van der Waals surface area contributed by atoms with Crippen molar-refractivity contribution in [1.29, 1.82) is 0 Å². The van der Waals surface area contributed by atoms with Crippen LogP contribution in [0.1, 0.15) is 43.4 Å². The first kappa shape index (κ1) is 14.4. The van der Waals surface area contributed by atoms with Crippen molar-refractivity contribution in [1.82, 2.24) is 9.47 Å². The van der Waals surface area contributed by atoms with Crippen molar-refractivity contribution in [3.63, 3.8) is 0 Å². The van der Waals surface area contributed by atoms with Gasteiger partial charge in [0.05, 0.1) is 12.8 Å². The van der Waals surface area contributed by atoms with Crippen LogP contribution in [0.3, 0.4) is 0 Å². The Morgan fingerprint density at radius 2 is 2.00 bits per heavy atom. The van der Waals surface area contributed by atoms with Gasteiger partial charge >= 0.3 is 0 Å². The summed E-state index contributed by atoms with van der Waals surface area (Å²) in [5.74, 6) is 2.22. The molecule has 0 unspecified atom stereocenters. The fraction of sp³-hybridized carbons (Fsp3) is 0.550. The van der Waals surface area contributed by atoms with Crippen molar-refractivity contribution < 1.29 is 4.74 Å². The molecule has 1 saturated carbocycles. The molecule has 0 bridgehead atoms. The Balaban J connectivity index is 1.64. The van der Waals surface area contributed by atoms with Crippen molar-refractivity contribution in [3.8, 4) is 5.75 Å². The quantitative estimate of drug-likeness (QED) is 0.845. The SMILES string of the molecule is COc1ccc2c(c1)c1c3n2CCN(C2CCCCC2)C3=NCC1. The van der Waals surface area contributed by atoms with Crippen LogP contribution in [-0.4, -0.2) is 41.5 Å². The van der Waals surface area contributed by atoms with Crippen LogP contribution in [0, 0.1) is 0 Å². The number of benzene rings is 1. The largest absolute Gasteiger partial charge is 0.497 e. The summed E-state index contributed by atoms with van der Waals surface area (Å²) in [6.45, 7) is 3.10. The van der Waals surface area contributed by atoms with Gasteiger partial charge in [-0.3, -0.25) is 4.99 Å². The number of ether oxygens (including phenoxy) is 1. The molecule has 126 valence electrons. The summed E-state index contributed by atoms with van der Waals surface area (Å²) in [7, 11) is 1.75. The Hall–Kier alpha value is -1.97. The molecule has 3 aliphatic rings. The Kier molecular flexibility index (Phi) is 3.32. The molecule has 0 spiro atoms. The molecule has 0 atom stereocenters. The lowest BCUT2D eigenvalue weighted by Crippen LogP contribution is -2.48. The summed E-state index contributed by atoms with van der Waals surface area (Å²) >= 11 is 0. The maximum Gasteiger partial charge on any atom is 0.148 e. The summed E-state index contributed by atoms with van der Waals surface area (Å²) in [5, 5.41) is 1.36. The molecular weight excluding hydrogens is 298 g/mol. The highest BCUT2D eigenvalue weighted by Crippen LogP contribution is 2.36. The van der Waals surface area contributed by atoms with Crippen LogP contribution in [0.2, 0.25) is 0 Å². The molecule has 0 saturated heterocycles. The zero-order valence-electron chi connectivity index (χ0n) is 14.4. The third-order valence-corrected chi connectivity index (χ3v) is 6.06. The number of amidine groups is 1. The Morgan fingerprint density at radius 3 is 2.83 bits per heavy atom. The maximum absolute atomic E-state index is 5.47. The lowest BCUT2D eigenvalue weighted by Gasteiger charge is -2.41. The van der Waals surface area contributed by atoms with Crippen LogP contribution in [0.25, 0.3) is 10.9 Å². The van der Waals surface area contributed by atoms with Crippen LogP contribution in [0.4, 0.5) is 0 Å². The van der Waals surface area contributed by atoms with Gasteiger partial charge in [0.2, 0.25) is 0 Å². The molecule has 4 nitrogen and oxygen atoms in total. The number of aromatic nitrogens is 1. The molecule has 2 aliphatic heterocycles. The van der Waals surface area contributed by atoms with Crippen LogP contribution in [0.15, 0.2) is 23.2 Å². The number of nitrogens with zero attached hydrogens (tertiary/aromatic N) is 3. The van der Waals surface area contributed by atoms with Gasteiger partial charge in [-0.15, -0.1) is 0 Å². The zero-order chi connectivity index (χ0) is 16.1. The normalized spacial score (nSPS) is 20.9. The molecule has 1 fully saturated rings. The molecule has 5 rings (SSSR count). The van der Waals surface area contributed by atoms with E-state index in [4.69, 9.17) is 9.73 Å². The van der Waals surface area contributed by atoms with Gasteiger partial charge in [0, 0.05) is 36.6 Å². The highest BCUT2D eigenvalue weighted by atomic mass is 16.5. The fourth-order valence-electron chi connectivity index (χ4n) is 4.91. The van der Waals surface area contributed by atoms with Crippen LogP contribution in [0.5, 0.6) is 5.75 Å². The Labute approximate surface area is 143 Å². The molecule has 1 aromatic heterocycles. The smallest absolute Gasteiger partial charge is 0.148 e. The molecule has 0 amide bonds. The van der Waals surface area contributed by atoms with E-state index in [0.717, 1.165) is 31.8 Å². The molecule has 2 aromatic rings. The van der Waals surface area contributed by atoms with Gasteiger partial charge in [-0.2, -0.15) is 0 Å². The highest BCUT2D eigenvalue weighted by Gasteiger charge is 2.34. The molecule has 0 radical (unpaired) electrons. The first-order chi connectivity index (χ1) is 11.9. The van der Waals surface area contributed by atoms with E-state index in [0.29, 0.717) is 6.04 Å². The minimum atomic E-state index is 0.699. The minimum Gasteiger partial charge on any atom is -0.497 e. The van der Waals surface area contributed by atoms with Gasteiger partial charge in [-0.25, -0.2) is 0 Å². The average Bonchev–Trinajstić information content (AvgIpc) is 2.98. The van der Waals surface area contributed by atoms with E-state index in [9.17, 15) is 0 Å². The van der Waals surface area contributed by atoms with Gasteiger partial charge in [0.25, 0.3) is 0 Å². The van der Waals surface area contributed by atoms with Crippen LogP contribution in [-0.2, 0) is 13.0 Å². The van der Waals surface area contributed by atoms with Gasteiger partial charge in [0.1, 0.15) is 11.6 Å². The lowest BCUT2D eigenvalue weighted by atomic mass is 9.93. The van der Waals surface area contributed by atoms with Gasteiger partial charge in [-0.1, -0.05) is 19.3 Å². The molecule has 24 heavy (non-hydrogen) atoms. The number of hydrogen-bond acceptors (Lipinski definition) is 3. The number of methoxy groups -OCH3 is 1. The van der Waals surface area contributed by atoms with E-state index >= 15 is 0 Å². The lowest BCUT2D eigenvalue weighted by molar-refractivity contribution is 0.227. The second-order valence-electron chi connectivity index (χ2n) is 7.30. The van der Waals surface area contributed by atoms with Crippen LogP contribution < -0.4 is 4.74 Å². The van der Waals surface area contributed by atoms with Gasteiger partial charge in [0.15, 0.2) is 0 Å². The monoisotopic (exact) mass is 323 g/mol. The predicted molar refractivity (Wildman–Crippen MR) is 97.2 cm³/mol. The number of aliphatic imine (C=N–C) groups is 1. The van der Waals surface area contributed by atoms with Crippen molar-refractivity contribution in [2.75, 3.05) is 20.2 Å². The van der Waals surface area contributed by atoms with Crippen molar-refractivity contribution in [2.24, 2.45) is 4.99 Å². The molecule has 1 aromatic carbocycles. The standard InChI is InChI=1S/C20H25N3O/c1-24-15-7-8-18-17(13-15)16-9-10-21-20-19(16)23(18)12-11-22(20)14-5-3-2-4-6-14/h7-8,13-14H,2-6,9-12H2,1H3. The Morgan fingerprint density at radius 1 is 1.12 bits per heavy atom. The molecule has 3 heterocycles. The maximum atomic E-state index is 5.47. The second kappa shape index (κ2) is 5.54. The number of fused-ring (bicyclic) bond motifs is 3. The van der Waals surface area contributed by atoms with E-state index in [2.05, 4.69) is 27.7 Å². The van der Waals surface area contributed by atoms with E-state index in [1.807, 2.05) is 0 Å². The molecular formula is C20H25N3O. The summed E-state index contributed by atoms with van der Waals surface area (Å²) in [5.41, 5.74) is 4.22. The average molecular weight is 323 g/mol. The molecule has 0 N–H and O–H groups in total. The second-order valence-corrected chi connectivity index (χ2v) is 7.30. The summed E-state index contributed by atoms with van der Waals surface area (Å²) in [6, 6.07) is 7.22. The van der Waals surface area contributed by atoms with E-state index in [-0.39, 0.29) is 0 Å². The first-order valence-electron chi connectivity index (χ1n) is 9.37. The fourth-order valence-corrected chi connectivity index (χ4v) is 4.91. The summed E-state index contributed by atoms with van der Waals surface area (Å²) in [6.07, 6.45) is 7.88. The van der Waals surface area contributed by atoms with Crippen molar-refractivity contribution >= 4 is 16.7 Å². The van der Waals surface area contributed by atoms with Crippen molar-refractivity contribution in [3.05, 3.63) is 29.5 Å². The summed E-state index contributed by atoms with van der Waals surface area (Å²) < 4.78 is 7.97. The summed E-state index contributed by atoms with van der Waals surface area (Å²) in [4.78, 5) is 7.62. The third kappa shape index (κ3) is 2.01. The topological polar surface area (TPSA) is 29.8 Å².